The van der Waals surface area contributed by atoms with Crippen LogP contribution in [0.3, 0.4) is 0 Å². The van der Waals surface area contributed by atoms with Crippen molar-refractivity contribution in [3.63, 3.8) is 0 Å². The molecule has 0 bridgehead atoms. The fourth-order valence-corrected chi connectivity index (χ4v) is 3.65. The number of methoxy groups -OCH3 is 1. The summed E-state index contributed by atoms with van der Waals surface area (Å²) >= 11 is 0. The van der Waals surface area contributed by atoms with E-state index in [1.165, 1.54) is 5.56 Å². The van der Waals surface area contributed by atoms with Crippen LogP contribution < -0.4 is 5.32 Å². The van der Waals surface area contributed by atoms with Crippen molar-refractivity contribution in [1.29, 1.82) is 0 Å². The number of rotatable bonds is 10. The maximum atomic E-state index is 6.52. The molecule has 0 saturated heterocycles. The Morgan fingerprint density at radius 1 is 1.16 bits per heavy atom. The van der Waals surface area contributed by atoms with Crippen molar-refractivity contribution in [2.45, 2.75) is 63.8 Å². The monoisotopic (exact) mass is 363 g/mol. The van der Waals surface area contributed by atoms with Crippen molar-refractivity contribution in [1.82, 2.24) is 5.32 Å². The topological polar surface area (TPSA) is 30.5 Å². The first-order valence-electron chi connectivity index (χ1n) is 9.11. The number of hydrogen-bond acceptors (Lipinski definition) is 3. The smallest absolute Gasteiger partial charge is 0.192 e. The molecule has 1 N–H and O–H groups in total. The first-order valence-corrected chi connectivity index (χ1v) is 12.0. The maximum Gasteiger partial charge on any atom is 0.192 e. The minimum atomic E-state index is -1.80. The van der Waals surface area contributed by atoms with Crippen LogP contribution in [0.1, 0.15) is 45.7 Å². The minimum Gasteiger partial charge on any atom is -0.415 e. The van der Waals surface area contributed by atoms with E-state index >= 15 is 0 Å². The van der Waals surface area contributed by atoms with E-state index in [2.05, 4.69) is 77.0 Å². The fraction of sp³-hybridized carbons (Fsp3) is 0.619. The van der Waals surface area contributed by atoms with Gasteiger partial charge in [0.2, 0.25) is 0 Å². The van der Waals surface area contributed by atoms with Crippen molar-refractivity contribution < 1.29 is 9.16 Å². The van der Waals surface area contributed by atoms with Crippen LogP contribution in [0.15, 0.2) is 43.0 Å². The first kappa shape index (κ1) is 22.1. The summed E-state index contributed by atoms with van der Waals surface area (Å²) in [6.45, 7) is 18.8. The Kier molecular flexibility index (Phi) is 8.07. The van der Waals surface area contributed by atoms with E-state index in [1.807, 2.05) is 12.1 Å². The predicted octanol–water partition coefficient (Wildman–Crippen LogP) is 5.32. The quantitative estimate of drug-likeness (QED) is 0.451. The molecule has 0 amide bonds. The Morgan fingerprint density at radius 3 is 2.24 bits per heavy atom. The molecule has 1 aromatic carbocycles. The van der Waals surface area contributed by atoms with Gasteiger partial charge in [0, 0.05) is 12.6 Å². The molecule has 0 aliphatic carbocycles. The van der Waals surface area contributed by atoms with Gasteiger partial charge in [0.05, 0.1) is 19.3 Å². The summed E-state index contributed by atoms with van der Waals surface area (Å²) < 4.78 is 12.0. The van der Waals surface area contributed by atoms with Crippen molar-refractivity contribution in [2.24, 2.45) is 0 Å². The molecular weight excluding hydrogens is 326 g/mol. The highest BCUT2D eigenvalue weighted by Gasteiger charge is 2.38. The van der Waals surface area contributed by atoms with E-state index in [9.17, 15) is 0 Å². The molecule has 4 heteroatoms. The highest BCUT2D eigenvalue weighted by Crippen LogP contribution is 2.37. The molecule has 0 spiro atoms. The third-order valence-electron chi connectivity index (χ3n) is 5.20. The Balaban J connectivity index is 3.00. The van der Waals surface area contributed by atoms with Gasteiger partial charge < -0.3 is 14.5 Å². The Hall–Kier alpha value is -0.943. The third-order valence-corrected chi connectivity index (χ3v) is 9.70. The van der Waals surface area contributed by atoms with Crippen LogP contribution in [-0.4, -0.2) is 34.2 Å². The van der Waals surface area contributed by atoms with Crippen LogP contribution in [0, 0.1) is 0 Å². The Bertz CT molecular complexity index is 524. The molecule has 1 aromatic rings. The molecule has 0 aliphatic heterocycles. The molecule has 0 heterocycles. The van der Waals surface area contributed by atoms with Gasteiger partial charge in [-0.15, -0.1) is 6.58 Å². The lowest BCUT2D eigenvalue weighted by molar-refractivity contribution is 0.102. The number of ether oxygens (including phenoxy) is 1. The van der Waals surface area contributed by atoms with Crippen LogP contribution in [0.2, 0.25) is 18.1 Å². The van der Waals surface area contributed by atoms with Crippen LogP contribution in [0.25, 0.3) is 0 Å². The summed E-state index contributed by atoms with van der Waals surface area (Å²) in [5.41, 5.74) is 1.07. The molecule has 1 rings (SSSR count). The van der Waals surface area contributed by atoms with Gasteiger partial charge in [0.25, 0.3) is 0 Å². The summed E-state index contributed by atoms with van der Waals surface area (Å²) in [4.78, 5) is 0. The molecule has 142 valence electrons. The van der Waals surface area contributed by atoms with Crippen molar-refractivity contribution in [2.75, 3.05) is 20.3 Å². The third kappa shape index (κ3) is 6.70. The van der Waals surface area contributed by atoms with Crippen molar-refractivity contribution >= 4 is 8.32 Å². The summed E-state index contributed by atoms with van der Waals surface area (Å²) in [6.07, 6.45) is 2.78. The van der Waals surface area contributed by atoms with E-state index in [0.29, 0.717) is 13.2 Å². The molecule has 3 nitrogen and oxygen atoms in total. The van der Waals surface area contributed by atoms with Crippen LogP contribution in [0.5, 0.6) is 0 Å². The number of benzene rings is 1. The Labute approximate surface area is 155 Å². The average molecular weight is 364 g/mol. The van der Waals surface area contributed by atoms with Gasteiger partial charge >= 0.3 is 0 Å². The van der Waals surface area contributed by atoms with Crippen molar-refractivity contribution in [3.8, 4) is 0 Å². The molecule has 0 radical (unpaired) electrons. The zero-order chi connectivity index (χ0) is 19.1. The summed E-state index contributed by atoms with van der Waals surface area (Å²) in [6, 6.07) is 10.7. The first-order chi connectivity index (χ1) is 11.5. The highest BCUT2D eigenvalue weighted by atomic mass is 28.4. The molecule has 2 atom stereocenters. The SMILES string of the molecule is C=CC[C@@](C)(COC)N[C@H](CO[Si](C)(C)C(C)(C)C)c1ccccc1. The van der Waals surface area contributed by atoms with E-state index in [1.54, 1.807) is 7.11 Å². The highest BCUT2D eigenvalue weighted by molar-refractivity contribution is 6.74. The molecule has 0 aliphatic rings. The largest absolute Gasteiger partial charge is 0.415 e. The van der Waals surface area contributed by atoms with E-state index in [4.69, 9.17) is 9.16 Å². The second-order valence-corrected chi connectivity index (χ2v) is 13.5. The van der Waals surface area contributed by atoms with Crippen LogP contribution >= 0.6 is 0 Å². The normalized spacial score (nSPS) is 16.3. The van der Waals surface area contributed by atoms with Crippen molar-refractivity contribution in [3.05, 3.63) is 48.6 Å². The summed E-state index contributed by atoms with van der Waals surface area (Å²) in [7, 11) is -0.0616. The predicted molar refractivity (Wildman–Crippen MR) is 111 cm³/mol. The molecule has 0 fully saturated rings. The zero-order valence-corrected chi connectivity index (χ0v) is 18.2. The number of nitrogens with one attached hydrogen (secondary N) is 1. The molecule has 0 unspecified atom stereocenters. The molecule has 0 aromatic heterocycles. The van der Waals surface area contributed by atoms with Gasteiger partial charge in [0.1, 0.15) is 0 Å². The van der Waals surface area contributed by atoms with Gasteiger partial charge in [-0.1, -0.05) is 57.2 Å². The second-order valence-electron chi connectivity index (χ2n) is 8.67. The minimum absolute atomic E-state index is 0.121. The van der Waals surface area contributed by atoms with Gasteiger partial charge in [0.15, 0.2) is 8.32 Å². The standard InChI is InChI=1S/C21H37NO2Si/c1-9-15-21(5,17-23-6)22-19(18-13-11-10-12-14-18)16-24-25(7,8)20(2,3)4/h9-14,19,22H,1,15-17H2,2-8H3/t19-,21+/m1/s1. The van der Waals surface area contributed by atoms with E-state index < -0.39 is 8.32 Å². The van der Waals surface area contributed by atoms with Gasteiger partial charge in [-0.2, -0.15) is 0 Å². The van der Waals surface area contributed by atoms with Gasteiger partial charge in [-0.25, -0.2) is 0 Å². The lowest BCUT2D eigenvalue weighted by Crippen LogP contribution is -2.50. The molecular formula is C21H37NO2Si. The maximum absolute atomic E-state index is 6.52. The van der Waals surface area contributed by atoms with E-state index in [-0.39, 0.29) is 16.6 Å². The zero-order valence-electron chi connectivity index (χ0n) is 17.2. The second kappa shape index (κ2) is 9.13. The molecule has 0 saturated carbocycles. The lowest BCUT2D eigenvalue weighted by Gasteiger charge is -2.39. The molecule has 25 heavy (non-hydrogen) atoms. The Morgan fingerprint density at radius 2 is 1.76 bits per heavy atom. The number of hydrogen-bond donors (Lipinski definition) is 1. The summed E-state index contributed by atoms with van der Waals surface area (Å²) in [5.74, 6) is 0. The summed E-state index contributed by atoms with van der Waals surface area (Å²) in [5, 5.41) is 3.97. The van der Waals surface area contributed by atoms with E-state index in [0.717, 1.165) is 6.42 Å². The van der Waals surface area contributed by atoms with Crippen LogP contribution in [0.4, 0.5) is 0 Å². The van der Waals surface area contributed by atoms with Gasteiger partial charge in [-0.3, -0.25) is 0 Å². The van der Waals surface area contributed by atoms with Crippen LogP contribution in [-0.2, 0) is 9.16 Å². The fourth-order valence-electron chi connectivity index (χ4n) is 2.63. The lowest BCUT2D eigenvalue weighted by atomic mass is 9.95. The average Bonchev–Trinajstić information content (AvgIpc) is 2.51. The van der Waals surface area contributed by atoms with Gasteiger partial charge in [-0.05, 0) is 37.0 Å².